The largest absolute Gasteiger partial charge is 0.481 e. The summed E-state index contributed by atoms with van der Waals surface area (Å²) in [7, 11) is 1.57. The Morgan fingerprint density at radius 3 is 2.75 bits per heavy atom. The molecule has 8 heteroatoms. The molecule has 182 valence electrons. The number of carbonyl (C=O) groups is 1. The Balaban J connectivity index is 1.47. The van der Waals surface area contributed by atoms with E-state index in [9.17, 15) is 4.79 Å². The highest BCUT2D eigenvalue weighted by Crippen LogP contribution is 2.27. The number of hydrogen-bond donors (Lipinski definition) is 0. The lowest BCUT2D eigenvalue weighted by molar-refractivity contribution is -0.143. The van der Waals surface area contributed by atoms with Crippen molar-refractivity contribution in [2.45, 2.75) is 32.7 Å². The minimum Gasteiger partial charge on any atom is -0.481 e. The van der Waals surface area contributed by atoms with Crippen molar-refractivity contribution >= 4 is 27.9 Å². The first-order chi connectivity index (χ1) is 17.5. The van der Waals surface area contributed by atoms with E-state index >= 15 is 0 Å². The van der Waals surface area contributed by atoms with Crippen molar-refractivity contribution in [2.75, 3.05) is 13.7 Å². The van der Waals surface area contributed by atoms with Crippen LogP contribution in [-0.2, 0) is 16.0 Å². The molecule has 4 heterocycles. The number of fused-ring (bicyclic) bond motifs is 2. The quantitative estimate of drug-likeness (QED) is 0.293. The lowest BCUT2D eigenvalue weighted by atomic mass is 10.0. The molecule has 5 aromatic rings. The molecular weight excluding hydrogens is 454 g/mol. The highest BCUT2D eigenvalue weighted by atomic mass is 16.5. The van der Waals surface area contributed by atoms with Gasteiger partial charge in [0, 0.05) is 41.1 Å². The van der Waals surface area contributed by atoms with Gasteiger partial charge in [0.25, 0.3) is 0 Å². The molecule has 8 nitrogen and oxygen atoms in total. The Bertz CT molecular complexity index is 1530. The van der Waals surface area contributed by atoms with Crippen molar-refractivity contribution in [1.29, 1.82) is 0 Å². The zero-order valence-corrected chi connectivity index (χ0v) is 20.5. The summed E-state index contributed by atoms with van der Waals surface area (Å²) >= 11 is 0. The van der Waals surface area contributed by atoms with Crippen LogP contribution >= 0.6 is 0 Å². The van der Waals surface area contributed by atoms with Crippen molar-refractivity contribution in [3.8, 4) is 5.88 Å². The van der Waals surface area contributed by atoms with Gasteiger partial charge < -0.3 is 9.47 Å². The van der Waals surface area contributed by atoms with E-state index in [-0.39, 0.29) is 18.4 Å². The molecule has 1 atom stereocenters. The van der Waals surface area contributed by atoms with Gasteiger partial charge in [-0.25, -0.2) is 15.0 Å². The molecule has 0 aliphatic heterocycles. The van der Waals surface area contributed by atoms with E-state index in [1.54, 1.807) is 32.5 Å². The monoisotopic (exact) mass is 481 g/mol. The van der Waals surface area contributed by atoms with Gasteiger partial charge in [-0.3, -0.25) is 9.48 Å². The van der Waals surface area contributed by atoms with Gasteiger partial charge in [0.15, 0.2) is 5.65 Å². The van der Waals surface area contributed by atoms with Crippen LogP contribution in [0, 0.1) is 6.92 Å². The number of ether oxygens (including phenoxy) is 2. The van der Waals surface area contributed by atoms with Crippen LogP contribution in [0.5, 0.6) is 5.88 Å². The molecule has 0 amide bonds. The molecule has 0 saturated carbocycles. The van der Waals surface area contributed by atoms with E-state index in [1.807, 2.05) is 36.0 Å². The lowest BCUT2D eigenvalue weighted by Gasteiger charge is -2.17. The molecule has 1 aromatic carbocycles. The third-order valence-corrected chi connectivity index (χ3v) is 6.21. The molecule has 0 radical (unpaired) electrons. The van der Waals surface area contributed by atoms with Crippen LogP contribution in [0.25, 0.3) is 21.9 Å². The van der Waals surface area contributed by atoms with Crippen LogP contribution in [0.3, 0.4) is 0 Å². The Hall–Kier alpha value is -4.33. The molecule has 0 unspecified atom stereocenters. The average molecular weight is 482 g/mol. The predicted molar refractivity (Wildman–Crippen MR) is 137 cm³/mol. The fourth-order valence-electron chi connectivity index (χ4n) is 4.34. The van der Waals surface area contributed by atoms with E-state index in [2.05, 4.69) is 39.2 Å². The van der Waals surface area contributed by atoms with Crippen LogP contribution < -0.4 is 4.74 Å². The number of hydrogen-bond acceptors (Lipinski definition) is 7. The third-order valence-electron chi connectivity index (χ3n) is 6.21. The second-order valence-corrected chi connectivity index (χ2v) is 8.62. The second kappa shape index (κ2) is 10.1. The topological polar surface area (TPSA) is 92.0 Å². The summed E-state index contributed by atoms with van der Waals surface area (Å²) in [6.07, 6.45) is 6.32. The van der Waals surface area contributed by atoms with Crippen LogP contribution in [0.2, 0.25) is 0 Å². The molecule has 5 rings (SSSR count). The van der Waals surface area contributed by atoms with Gasteiger partial charge in [-0.1, -0.05) is 12.1 Å². The number of nitrogens with zero attached hydrogens (tertiary/aromatic N) is 5. The Kier molecular flexibility index (Phi) is 6.58. The molecule has 0 aliphatic carbocycles. The number of carbonyl (C=O) groups excluding carboxylic acids is 1. The first-order valence-electron chi connectivity index (χ1n) is 11.9. The van der Waals surface area contributed by atoms with Gasteiger partial charge in [-0.15, -0.1) is 0 Å². The summed E-state index contributed by atoms with van der Waals surface area (Å²) in [4.78, 5) is 25.7. The fourth-order valence-corrected chi connectivity index (χ4v) is 4.34. The third kappa shape index (κ3) is 4.88. The number of methoxy groups -OCH3 is 1. The average Bonchev–Trinajstić information content (AvgIpc) is 3.31. The van der Waals surface area contributed by atoms with E-state index in [1.165, 1.54) is 0 Å². The Labute approximate surface area is 208 Å². The molecule has 0 spiro atoms. The highest BCUT2D eigenvalue weighted by Gasteiger charge is 2.21. The standard InChI is InChI=1S/C28H27N5O3/c1-4-36-27(34)15-25(21-9-10-26(35-3)30-16-21)33-17-22-8-7-19(13-24(22)32-33)12-23-14-20-6-5-11-29-28(20)31-18(23)2/h5-11,13-14,16-17,25H,4,12,15H2,1-3H3/t25-/m0/s1. The molecule has 0 bridgehead atoms. The van der Waals surface area contributed by atoms with Gasteiger partial charge in [0.1, 0.15) is 0 Å². The first kappa shape index (κ1) is 23.4. The van der Waals surface area contributed by atoms with E-state index in [4.69, 9.17) is 14.6 Å². The van der Waals surface area contributed by atoms with Gasteiger partial charge in [0.05, 0.1) is 31.7 Å². The van der Waals surface area contributed by atoms with Crippen LogP contribution in [0.4, 0.5) is 0 Å². The van der Waals surface area contributed by atoms with Crippen molar-refractivity contribution < 1.29 is 14.3 Å². The minimum atomic E-state index is -0.349. The van der Waals surface area contributed by atoms with Gasteiger partial charge in [-0.05, 0) is 67.3 Å². The number of aryl methyl sites for hydroxylation is 1. The van der Waals surface area contributed by atoms with Crippen molar-refractivity contribution in [1.82, 2.24) is 24.7 Å². The van der Waals surface area contributed by atoms with Crippen LogP contribution in [-0.4, -0.2) is 44.4 Å². The summed E-state index contributed by atoms with van der Waals surface area (Å²) in [6.45, 7) is 4.14. The summed E-state index contributed by atoms with van der Waals surface area (Å²) in [6, 6.07) is 15.7. The maximum atomic E-state index is 12.4. The van der Waals surface area contributed by atoms with Crippen LogP contribution in [0.1, 0.15) is 41.8 Å². The van der Waals surface area contributed by atoms with E-state index in [0.29, 0.717) is 12.5 Å². The smallest absolute Gasteiger partial charge is 0.308 e. The SMILES string of the molecule is CCOC(=O)C[C@@H](c1ccc(OC)nc1)n1cc2ccc(Cc3cc4cccnc4nc3C)cc2n1. The Morgan fingerprint density at radius 1 is 1.08 bits per heavy atom. The molecule has 36 heavy (non-hydrogen) atoms. The lowest BCUT2D eigenvalue weighted by Crippen LogP contribution is -2.18. The number of esters is 1. The van der Waals surface area contributed by atoms with E-state index in [0.717, 1.165) is 50.7 Å². The summed E-state index contributed by atoms with van der Waals surface area (Å²) in [5.74, 6) is 0.227. The number of rotatable bonds is 8. The zero-order valence-electron chi connectivity index (χ0n) is 20.5. The number of pyridine rings is 3. The fraction of sp³-hybridized carbons (Fsp3) is 0.250. The van der Waals surface area contributed by atoms with Gasteiger partial charge >= 0.3 is 5.97 Å². The molecular formula is C28H27N5O3. The van der Waals surface area contributed by atoms with Crippen molar-refractivity contribution in [3.05, 3.63) is 89.5 Å². The highest BCUT2D eigenvalue weighted by molar-refractivity contribution is 5.79. The zero-order chi connectivity index (χ0) is 25.1. The maximum Gasteiger partial charge on any atom is 0.308 e. The predicted octanol–water partition coefficient (Wildman–Crippen LogP) is 4.82. The molecule has 0 aliphatic rings. The van der Waals surface area contributed by atoms with Crippen molar-refractivity contribution in [3.63, 3.8) is 0 Å². The van der Waals surface area contributed by atoms with Crippen LogP contribution in [0.15, 0.2) is 67.1 Å². The number of aromatic nitrogens is 5. The second-order valence-electron chi connectivity index (χ2n) is 8.62. The summed E-state index contributed by atoms with van der Waals surface area (Å²) < 4.78 is 12.2. The minimum absolute atomic E-state index is 0.151. The maximum absolute atomic E-state index is 12.4. The first-order valence-corrected chi connectivity index (χ1v) is 11.9. The molecule has 0 saturated heterocycles. The number of benzene rings is 1. The van der Waals surface area contributed by atoms with Gasteiger partial charge in [0.2, 0.25) is 5.88 Å². The summed E-state index contributed by atoms with van der Waals surface area (Å²) in [5, 5.41) is 6.86. The van der Waals surface area contributed by atoms with Crippen molar-refractivity contribution in [2.24, 2.45) is 0 Å². The normalized spacial score (nSPS) is 12.1. The Morgan fingerprint density at radius 2 is 1.97 bits per heavy atom. The molecule has 0 N–H and O–H groups in total. The molecule has 0 fully saturated rings. The van der Waals surface area contributed by atoms with Gasteiger partial charge in [-0.2, -0.15) is 5.10 Å². The molecule has 4 aromatic heterocycles. The van der Waals surface area contributed by atoms with E-state index < -0.39 is 0 Å². The summed E-state index contributed by atoms with van der Waals surface area (Å²) in [5.41, 5.74) is 5.72.